The Bertz CT molecular complexity index is 401. The molecule has 1 aromatic carbocycles. The van der Waals surface area contributed by atoms with Gasteiger partial charge in [-0.2, -0.15) is 0 Å². The molecule has 17 heavy (non-hydrogen) atoms. The van der Waals surface area contributed by atoms with Crippen LogP contribution in [-0.2, 0) is 13.0 Å². The van der Waals surface area contributed by atoms with Gasteiger partial charge >= 0.3 is 0 Å². The molecule has 1 aromatic rings. The predicted octanol–water partition coefficient (Wildman–Crippen LogP) is 3.22. The maximum atomic E-state index is 4.53. The highest BCUT2D eigenvalue weighted by molar-refractivity contribution is 8.14. The fourth-order valence-electron chi connectivity index (χ4n) is 1.97. The third-order valence-corrected chi connectivity index (χ3v) is 4.41. The number of amidine groups is 1. The maximum absolute atomic E-state index is 4.53. The monoisotopic (exact) mass is 248 g/mol. The molecule has 1 atom stereocenters. The average molecular weight is 248 g/mol. The van der Waals surface area contributed by atoms with Crippen molar-refractivity contribution in [1.29, 1.82) is 0 Å². The molecule has 2 nitrogen and oxygen atoms in total. The van der Waals surface area contributed by atoms with Crippen molar-refractivity contribution in [3.05, 3.63) is 35.4 Å². The Kier molecular flexibility index (Phi) is 4.49. The second kappa shape index (κ2) is 6.10. The molecule has 0 fully saturated rings. The Hall–Kier alpha value is -0.960. The molecule has 0 amide bonds. The standard InChI is InChI=1S/C14H20N2S/c1-3-11-7-5-6-8-12(11)9-15-14-16-10-13(4-2)17-14/h5-8,13H,3-4,9-10H2,1-2H3,(H,15,16). The number of thioether (sulfide) groups is 1. The summed E-state index contributed by atoms with van der Waals surface area (Å²) in [6.45, 7) is 6.29. The van der Waals surface area contributed by atoms with Gasteiger partial charge in [-0.1, -0.05) is 49.9 Å². The first kappa shape index (κ1) is 12.5. The average Bonchev–Trinajstić information content (AvgIpc) is 2.84. The predicted molar refractivity (Wildman–Crippen MR) is 76.6 cm³/mol. The summed E-state index contributed by atoms with van der Waals surface area (Å²) in [5.41, 5.74) is 2.81. The number of hydrogen-bond acceptors (Lipinski definition) is 3. The Labute approximate surface area is 108 Å². The largest absolute Gasteiger partial charge is 0.361 e. The fraction of sp³-hybridized carbons (Fsp3) is 0.500. The van der Waals surface area contributed by atoms with E-state index >= 15 is 0 Å². The third-order valence-electron chi connectivity index (χ3n) is 3.10. The quantitative estimate of drug-likeness (QED) is 0.884. The number of rotatable bonds is 4. The van der Waals surface area contributed by atoms with Gasteiger partial charge in [-0.3, -0.25) is 4.99 Å². The molecule has 2 rings (SSSR count). The number of nitrogens with one attached hydrogen (secondary N) is 1. The van der Waals surface area contributed by atoms with Gasteiger partial charge < -0.3 is 5.32 Å². The number of aryl methyl sites for hydroxylation is 1. The van der Waals surface area contributed by atoms with Crippen molar-refractivity contribution in [1.82, 2.24) is 5.32 Å². The molecular formula is C14H20N2S. The van der Waals surface area contributed by atoms with E-state index in [0.717, 1.165) is 24.7 Å². The van der Waals surface area contributed by atoms with E-state index in [-0.39, 0.29) is 0 Å². The molecule has 1 aliphatic heterocycles. The molecule has 0 bridgehead atoms. The van der Waals surface area contributed by atoms with Crippen LogP contribution in [-0.4, -0.2) is 17.0 Å². The molecular weight excluding hydrogens is 228 g/mol. The van der Waals surface area contributed by atoms with Gasteiger partial charge in [0.25, 0.3) is 0 Å². The summed E-state index contributed by atoms with van der Waals surface area (Å²) >= 11 is 1.88. The van der Waals surface area contributed by atoms with Gasteiger partial charge in [-0.25, -0.2) is 0 Å². The molecule has 1 heterocycles. The van der Waals surface area contributed by atoms with Crippen LogP contribution in [0.5, 0.6) is 0 Å². The summed E-state index contributed by atoms with van der Waals surface area (Å²) in [5.74, 6) is 0. The molecule has 1 aliphatic rings. The summed E-state index contributed by atoms with van der Waals surface area (Å²) < 4.78 is 0. The summed E-state index contributed by atoms with van der Waals surface area (Å²) in [4.78, 5) is 4.53. The van der Waals surface area contributed by atoms with E-state index in [1.807, 2.05) is 11.8 Å². The Balaban J connectivity index is 1.90. The van der Waals surface area contributed by atoms with Gasteiger partial charge in [-0.15, -0.1) is 0 Å². The van der Waals surface area contributed by atoms with Crippen molar-refractivity contribution in [2.75, 3.05) is 6.54 Å². The van der Waals surface area contributed by atoms with E-state index in [0.29, 0.717) is 5.25 Å². The highest BCUT2D eigenvalue weighted by Gasteiger charge is 2.17. The van der Waals surface area contributed by atoms with E-state index in [1.165, 1.54) is 17.5 Å². The van der Waals surface area contributed by atoms with Crippen molar-refractivity contribution in [3.63, 3.8) is 0 Å². The number of benzene rings is 1. The number of nitrogens with zero attached hydrogens (tertiary/aromatic N) is 1. The lowest BCUT2D eigenvalue weighted by atomic mass is 10.1. The first-order chi connectivity index (χ1) is 8.33. The lowest BCUT2D eigenvalue weighted by Crippen LogP contribution is -2.19. The van der Waals surface area contributed by atoms with Crippen molar-refractivity contribution >= 4 is 16.9 Å². The van der Waals surface area contributed by atoms with E-state index in [4.69, 9.17) is 0 Å². The Morgan fingerprint density at radius 2 is 2.06 bits per heavy atom. The highest BCUT2D eigenvalue weighted by atomic mass is 32.2. The summed E-state index contributed by atoms with van der Waals surface area (Å²) in [6, 6.07) is 8.62. The normalized spacial score (nSPS) is 19.2. The molecule has 0 saturated heterocycles. The minimum atomic E-state index is 0.680. The lowest BCUT2D eigenvalue weighted by molar-refractivity contribution is 0.838. The van der Waals surface area contributed by atoms with Crippen LogP contribution >= 0.6 is 11.8 Å². The second-order valence-electron chi connectivity index (χ2n) is 4.27. The van der Waals surface area contributed by atoms with Crippen molar-refractivity contribution in [2.24, 2.45) is 4.99 Å². The zero-order chi connectivity index (χ0) is 12.1. The van der Waals surface area contributed by atoms with E-state index in [2.05, 4.69) is 48.4 Å². The summed E-state index contributed by atoms with van der Waals surface area (Å²) in [5, 5.41) is 5.24. The first-order valence-electron chi connectivity index (χ1n) is 6.35. The molecule has 0 aliphatic carbocycles. The Morgan fingerprint density at radius 3 is 2.71 bits per heavy atom. The van der Waals surface area contributed by atoms with Gasteiger partial charge in [-0.05, 0) is 24.0 Å². The van der Waals surface area contributed by atoms with Crippen LogP contribution in [0.4, 0.5) is 0 Å². The van der Waals surface area contributed by atoms with Crippen LogP contribution in [0.2, 0.25) is 0 Å². The number of hydrogen-bond donors (Lipinski definition) is 1. The molecule has 0 radical (unpaired) electrons. The van der Waals surface area contributed by atoms with Crippen LogP contribution in [0.15, 0.2) is 29.3 Å². The topological polar surface area (TPSA) is 24.4 Å². The van der Waals surface area contributed by atoms with Crippen LogP contribution in [0.25, 0.3) is 0 Å². The molecule has 0 saturated carbocycles. The van der Waals surface area contributed by atoms with Crippen molar-refractivity contribution < 1.29 is 0 Å². The smallest absolute Gasteiger partial charge is 0.157 e. The molecule has 92 valence electrons. The van der Waals surface area contributed by atoms with Gasteiger partial charge in [0.15, 0.2) is 5.17 Å². The summed E-state index contributed by atoms with van der Waals surface area (Å²) in [6.07, 6.45) is 2.29. The van der Waals surface area contributed by atoms with Gasteiger partial charge in [0.1, 0.15) is 0 Å². The van der Waals surface area contributed by atoms with Crippen LogP contribution in [0.1, 0.15) is 31.4 Å². The van der Waals surface area contributed by atoms with Crippen molar-refractivity contribution in [2.45, 2.75) is 38.5 Å². The SMILES string of the molecule is CCc1ccccc1CNC1=NCC(CC)S1. The van der Waals surface area contributed by atoms with Gasteiger partial charge in [0.05, 0.1) is 6.54 Å². The van der Waals surface area contributed by atoms with Gasteiger partial charge in [0.2, 0.25) is 0 Å². The van der Waals surface area contributed by atoms with Gasteiger partial charge in [0, 0.05) is 11.8 Å². The first-order valence-corrected chi connectivity index (χ1v) is 7.23. The third kappa shape index (κ3) is 3.25. The Morgan fingerprint density at radius 1 is 1.29 bits per heavy atom. The van der Waals surface area contributed by atoms with E-state index < -0.39 is 0 Å². The van der Waals surface area contributed by atoms with Crippen LogP contribution in [0.3, 0.4) is 0 Å². The molecule has 0 spiro atoms. The van der Waals surface area contributed by atoms with Crippen LogP contribution < -0.4 is 5.32 Å². The number of aliphatic imine (C=N–C) groups is 1. The highest BCUT2D eigenvalue weighted by Crippen LogP contribution is 2.22. The lowest BCUT2D eigenvalue weighted by Gasteiger charge is -2.10. The minimum absolute atomic E-state index is 0.680. The maximum Gasteiger partial charge on any atom is 0.157 e. The molecule has 3 heteroatoms. The van der Waals surface area contributed by atoms with E-state index in [1.54, 1.807) is 0 Å². The minimum Gasteiger partial charge on any atom is -0.361 e. The second-order valence-corrected chi connectivity index (χ2v) is 5.56. The van der Waals surface area contributed by atoms with Crippen LogP contribution in [0, 0.1) is 0 Å². The van der Waals surface area contributed by atoms with E-state index in [9.17, 15) is 0 Å². The zero-order valence-electron chi connectivity index (χ0n) is 10.6. The summed E-state index contributed by atoms with van der Waals surface area (Å²) in [7, 11) is 0. The zero-order valence-corrected chi connectivity index (χ0v) is 11.4. The molecule has 1 unspecified atom stereocenters. The molecule has 1 N–H and O–H groups in total. The molecule has 0 aromatic heterocycles. The van der Waals surface area contributed by atoms with Crippen molar-refractivity contribution in [3.8, 4) is 0 Å². The fourth-order valence-corrected chi connectivity index (χ4v) is 2.91.